The van der Waals surface area contributed by atoms with Crippen LogP contribution in [-0.4, -0.2) is 7.05 Å². The molecule has 0 fully saturated rings. The van der Waals surface area contributed by atoms with Crippen LogP contribution in [-0.2, 0) is 0 Å². The van der Waals surface area contributed by atoms with Crippen molar-refractivity contribution in [3.63, 3.8) is 0 Å². The zero-order chi connectivity index (χ0) is 12.4. The number of furan rings is 1. The highest BCUT2D eigenvalue weighted by Gasteiger charge is 2.17. The van der Waals surface area contributed by atoms with Gasteiger partial charge in [-0.2, -0.15) is 0 Å². The Labute approximate surface area is 112 Å². The van der Waals surface area contributed by atoms with Crippen molar-refractivity contribution in [2.45, 2.75) is 6.04 Å². The largest absolute Gasteiger partial charge is 0.452 e. The van der Waals surface area contributed by atoms with Gasteiger partial charge in [-0.25, -0.2) is 4.39 Å². The predicted molar refractivity (Wildman–Crippen MR) is 68.7 cm³/mol. The summed E-state index contributed by atoms with van der Waals surface area (Å²) in [6.45, 7) is 0. The van der Waals surface area contributed by atoms with E-state index in [9.17, 15) is 4.39 Å². The minimum Gasteiger partial charge on any atom is -0.452 e. The third-order valence-electron chi connectivity index (χ3n) is 2.44. The van der Waals surface area contributed by atoms with Gasteiger partial charge < -0.3 is 9.73 Å². The van der Waals surface area contributed by atoms with Crippen molar-refractivity contribution in [2.24, 2.45) is 0 Å². The van der Waals surface area contributed by atoms with E-state index in [4.69, 9.17) is 16.0 Å². The average molecular weight is 319 g/mol. The van der Waals surface area contributed by atoms with Crippen LogP contribution in [0.1, 0.15) is 17.4 Å². The van der Waals surface area contributed by atoms with Gasteiger partial charge in [-0.1, -0.05) is 17.7 Å². The van der Waals surface area contributed by atoms with Crippen LogP contribution in [0.25, 0.3) is 0 Å². The number of benzene rings is 1. The molecule has 2 rings (SSSR count). The summed E-state index contributed by atoms with van der Waals surface area (Å²) in [5, 5.41) is 3.19. The van der Waals surface area contributed by atoms with Crippen LogP contribution in [0.2, 0.25) is 5.02 Å². The minimum absolute atomic E-state index is 0.115. The Morgan fingerprint density at radius 1 is 1.35 bits per heavy atom. The molecule has 1 heterocycles. The molecule has 0 saturated heterocycles. The molecule has 0 saturated carbocycles. The summed E-state index contributed by atoms with van der Waals surface area (Å²) >= 11 is 8.89. The highest BCUT2D eigenvalue weighted by molar-refractivity contribution is 9.10. The second-order valence-electron chi connectivity index (χ2n) is 3.54. The summed E-state index contributed by atoms with van der Waals surface area (Å²) in [6.07, 6.45) is 0. The smallest absolute Gasteiger partial charge is 0.169 e. The molecule has 1 aromatic carbocycles. The second kappa shape index (κ2) is 5.21. The predicted octanol–water partition coefficient (Wildman–Crippen LogP) is 4.14. The molecule has 0 aliphatic carbocycles. The Morgan fingerprint density at radius 2 is 2.12 bits per heavy atom. The number of halogens is 3. The van der Waals surface area contributed by atoms with E-state index in [1.165, 1.54) is 12.1 Å². The van der Waals surface area contributed by atoms with E-state index >= 15 is 0 Å². The van der Waals surface area contributed by atoms with Gasteiger partial charge in [0.1, 0.15) is 11.6 Å². The van der Waals surface area contributed by atoms with E-state index in [1.807, 2.05) is 6.07 Å². The van der Waals surface area contributed by atoms with Crippen molar-refractivity contribution in [1.29, 1.82) is 0 Å². The van der Waals surface area contributed by atoms with Crippen molar-refractivity contribution >= 4 is 27.5 Å². The van der Waals surface area contributed by atoms with Crippen molar-refractivity contribution in [3.8, 4) is 0 Å². The Kier molecular flexibility index (Phi) is 3.86. The lowest BCUT2D eigenvalue weighted by Crippen LogP contribution is -2.17. The first kappa shape index (κ1) is 12.6. The van der Waals surface area contributed by atoms with Crippen molar-refractivity contribution in [2.75, 3.05) is 7.05 Å². The molecule has 0 bridgehead atoms. The van der Waals surface area contributed by atoms with Gasteiger partial charge >= 0.3 is 0 Å². The molecule has 0 radical (unpaired) electrons. The van der Waals surface area contributed by atoms with Crippen LogP contribution in [0.4, 0.5) is 4.39 Å². The number of hydrogen-bond acceptors (Lipinski definition) is 2. The van der Waals surface area contributed by atoms with E-state index in [-0.39, 0.29) is 11.1 Å². The molecule has 1 atom stereocenters. The molecule has 1 aromatic heterocycles. The number of nitrogens with one attached hydrogen (secondary N) is 1. The maximum absolute atomic E-state index is 13.4. The molecule has 2 nitrogen and oxygen atoms in total. The van der Waals surface area contributed by atoms with Gasteiger partial charge in [0.05, 0.1) is 11.1 Å². The maximum atomic E-state index is 13.4. The summed E-state index contributed by atoms with van der Waals surface area (Å²) in [6, 6.07) is 8.13. The van der Waals surface area contributed by atoms with Gasteiger partial charge in [-0.05, 0) is 52.8 Å². The van der Waals surface area contributed by atoms with Gasteiger partial charge in [0, 0.05) is 0 Å². The molecule has 0 spiro atoms. The van der Waals surface area contributed by atoms with Gasteiger partial charge in [-0.15, -0.1) is 0 Å². The third kappa shape index (κ3) is 2.70. The molecule has 1 N–H and O–H groups in total. The first-order valence-electron chi connectivity index (χ1n) is 4.99. The summed E-state index contributed by atoms with van der Waals surface area (Å²) in [5.41, 5.74) is 0.760. The van der Waals surface area contributed by atoms with Crippen LogP contribution in [0, 0.1) is 5.82 Å². The fourth-order valence-corrected chi connectivity index (χ4v) is 2.09. The van der Waals surface area contributed by atoms with Crippen LogP contribution in [0.15, 0.2) is 39.4 Å². The molecule has 2 aromatic rings. The zero-order valence-corrected chi connectivity index (χ0v) is 11.3. The lowest BCUT2D eigenvalue weighted by Gasteiger charge is -2.14. The molecular weight excluding hydrogens is 308 g/mol. The van der Waals surface area contributed by atoms with Crippen LogP contribution in [0.5, 0.6) is 0 Å². The summed E-state index contributed by atoms with van der Waals surface area (Å²) in [4.78, 5) is 0. The van der Waals surface area contributed by atoms with Crippen molar-refractivity contribution in [3.05, 3.63) is 57.2 Å². The Hall–Kier alpha value is -0.840. The van der Waals surface area contributed by atoms with E-state index in [1.54, 1.807) is 19.2 Å². The lowest BCUT2D eigenvalue weighted by molar-refractivity contribution is 0.446. The first-order valence-corrected chi connectivity index (χ1v) is 6.16. The fourth-order valence-electron chi connectivity index (χ4n) is 1.65. The quantitative estimate of drug-likeness (QED) is 0.920. The van der Waals surface area contributed by atoms with Gasteiger partial charge in [-0.3, -0.25) is 0 Å². The van der Waals surface area contributed by atoms with Crippen molar-refractivity contribution in [1.82, 2.24) is 5.32 Å². The third-order valence-corrected chi connectivity index (χ3v) is 3.18. The van der Waals surface area contributed by atoms with E-state index in [2.05, 4.69) is 21.2 Å². The molecule has 17 heavy (non-hydrogen) atoms. The SMILES string of the molecule is CNC(c1ccc(Cl)c(F)c1)c1ccc(Br)o1. The minimum atomic E-state index is -0.435. The first-order chi connectivity index (χ1) is 8.11. The highest BCUT2D eigenvalue weighted by atomic mass is 79.9. The van der Waals surface area contributed by atoms with E-state index < -0.39 is 5.82 Å². The molecule has 1 unspecified atom stereocenters. The van der Waals surface area contributed by atoms with Crippen LogP contribution < -0.4 is 5.32 Å². The summed E-state index contributed by atoms with van der Waals surface area (Å²) in [5.74, 6) is 0.274. The number of hydrogen-bond donors (Lipinski definition) is 1. The van der Waals surface area contributed by atoms with E-state index in [0.29, 0.717) is 10.4 Å². The topological polar surface area (TPSA) is 25.2 Å². The molecule has 0 amide bonds. The van der Waals surface area contributed by atoms with E-state index in [0.717, 1.165) is 5.56 Å². The lowest BCUT2D eigenvalue weighted by atomic mass is 10.0. The highest BCUT2D eigenvalue weighted by Crippen LogP contribution is 2.27. The van der Waals surface area contributed by atoms with Crippen LogP contribution >= 0.6 is 27.5 Å². The summed E-state index contributed by atoms with van der Waals surface area (Å²) < 4.78 is 19.5. The van der Waals surface area contributed by atoms with Gasteiger partial charge in [0.2, 0.25) is 0 Å². The molecule has 90 valence electrons. The fraction of sp³-hybridized carbons (Fsp3) is 0.167. The molecular formula is C12H10BrClFNO. The molecule has 0 aliphatic heterocycles. The summed E-state index contributed by atoms with van der Waals surface area (Å²) in [7, 11) is 1.79. The normalized spacial score (nSPS) is 12.7. The Bertz CT molecular complexity index is 529. The second-order valence-corrected chi connectivity index (χ2v) is 4.73. The maximum Gasteiger partial charge on any atom is 0.169 e. The van der Waals surface area contributed by atoms with Gasteiger partial charge in [0.15, 0.2) is 4.67 Å². The number of rotatable bonds is 3. The van der Waals surface area contributed by atoms with Gasteiger partial charge in [0.25, 0.3) is 0 Å². The van der Waals surface area contributed by atoms with Crippen LogP contribution in [0.3, 0.4) is 0 Å². The average Bonchev–Trinajstić information content (AvgIpc) is 2.71. The molecule has 0 aliphatic rings. The zero-order valence-electron chi connectivity index (χ0n) is 9.01. The van der Waals surface area contributed by atoms with Crippen molar-refractivity contribution < 1.29 is 8.81 Å². The monoisotopic (exact) mass is 317 g/mol. The standard InChI is InChI=1S/C12H10BrClFNO/c1-16-12(10-4-5-11(13)17-10)7-2-3-8(14)9(15)6-7/h2-6,12,16H,1H3. The Balaban J connectivity index is 2.38. The molecule has 5 heteroatoms. The Morgan fingerprint density at radius 3 is 2.65 bits per heavy atom.